The van der Waals surface area contributed by atoms with E-state index >= 15 is 0 Å². The molecule has 0 fully saturated rings. The number of benzene rings is 2. The lowest BCUT2D eigenvalue weighted by Gasteiger charge is -2.28. The van der Waals surface area contributed by atoms with Gasteiger partial charge in [-0.05, 0) is 68.7 Å². The molecule has 0 unspecified atom stereocenters. The van der Waals surface area contributed by atoms with Gasteiger partial charge in [-0.15, -0.1) is 11.3 Å². The fourth-order valence-electron chi connectivity index (χ4n) is 3.39. The summed E-state index contributed by atoms with van der Waals surface area (Å²) in [7, 11) is 1.60. The highest BCUT2D eigenvalue weighted by Crippen LogP contribution is 2.22. The minimum Gasteiger partial charge on any atom is -0.497 e. The molecule has 31 heavy (non-hydrogen) atoms. The Morgan fingerprint density at radius 3 is 2.55 bits per heavy atom. The van der Waals surface area contributed by atoms with Gasteiger partial charge in [-0.25, -0.2) is 4.98 Å². The number of methoxy groups -OCH3 is 1. The molecule has 164 valence electrons. The molecular weight excluding hydrogens is 408 g/mol. The molecular formula is C25H30N2O3S. The summed E-state index contributed by atoms with van der Waals surface area (Å²) < 4.78 is 11.2. The maximum atomic E-state index is 13.2. The maximum Gasteiger partial charge on any atom is 0.254 e. The van der Waals surface area contributed by atoms with Crippen LogP contribution in [0, 0.1) is 13.8 Å². The number of aromatic nitrogens is 1. The van der Waals surface area contributed by atoms with E-state index in [1.807, 2.05) is 40.6 Å². The largest absolute Gasteiger partial charge is 0.497 e. The van der Waals surface area contributed by atoms with Gasteiger partial charge in [0, 0.05) is 17.0 Å². The van der Waals surface area contributed by atoms with Crippen LogP contribution < -0.4 is 9.47 Å². The average Bonchev–Trinajstić information content (AvgIpc) is 3.22. The third kappa shape index (κ3) is 6.07. The maximum absolute atomic E-state index is 13.2. The van der Waals surface area contributed by atoms with Crippen LogP contribution in [0.25, 0.3) is 0 Å². The van der Waals surface area contributed by atoms with Crippen LogP contribution in [0.4, 0.5) is 0 Å². The van der Waals surface area contributed by atoms with Crippen molar-refractivity contribution >= 4 is 17.2 Å². The highest BCUT2D eigenvalue weighted by atomic mass is 32.1. The van der Waals surface area contributed by atoms with E-state index in [9.17, 15) is 4.79 Å². The molecule has 0 N–H and O–H groups in total. The van der Waals surface area contributed by atoms with Crippen molar-refractivity contribution in [2.75, 3.05) is 7.11 Å². The zero-order chi connectivity index (χ0) is 22.4. The van der Waals surface area contributed by atoms with Crippen molar-refractivity contribution in [1.29, 1.82) is 0 Å². The number of aryl methyl sites for hydroxylation is 2. The lowest BCUT2D eigenvalue weighted by atomic mass is 10.1. The Morgan fingerprint density at radius 2 is 1.87 bits per heavy atom. The van der Waals surface area contributed by atoms with Gasteiger partial charge in [-0.2, -0.15) is 0 Å². The highest BCUT2D eigenvalue weighted by Gasteiger charge is 2.22. The summed E-state index contributed by atoms with van der Waals surface area (Å²) in [5.41, 5.74) is 3.85. The van der Waals surface area contributed by atoms with Crippen molar-refractivity contribution in [1.82, 2.24) is 9.88 Å². The van der Waals surface area contributed by atoms with Crippen LogP contribution in [0.5, 0.6) is 11.5 Å². The van der Waals surface area contributed by atoms with Crippen molar-refractivity contribution in [3.8, 4) is 11.5 Å². The molecule has 0 spiro atoms. The highest BCUT2D eigenvalue weighted by molar-refractivity contribution is 7.09. The summed E-state index contributed by atoms with van der Waals surface area (Å²) in [5, 5.41) is 2.90. The molecule has 3 rings (SSSR count). The van der Waals surface area contributed by atoms with E-state index < -0.39 is 0 Å². The Hall–Kier alpha value is -2.86. The summed E-state index contributed by atoms with van der Waals surface area (Å²) in [4.78, 5) is 19.8. The van der Waals surface area contributed by atoms with Crippen LogP contribution >= 0.6 is 11.3 Å². The van der Waals surface area contributed by atoms with Crippen LogP contribution in [0.15, 0.2) is 47.8 Å². The first-order valence-electron chi connectivity index (χ1n) is 10.5. The molecule has 0 bridgehead atoms. The number of ether oxygens (including phenoxy) is 2. The first-order chi connectivity index (χ1) is 14.9. The van der Waals surface area contributed by atoms with E-state index in [2.05, 4.69) is 33.8 Å². The first kappa shape index (κ1) is 22.8. The molecule has 1 aromatic heterocycles. The van der Waals surface area contributed by atoms with E-state index in [0.29, 0.717) is 24.5 Å². The van der Waals surface area contributed by atoms with Gasteiger partial charge in [-0.1, -0.05) is 19.1 Å². The van der Waals surface area contributed by atoms with E-state index in [-0.39, 0.29) is 11.9 Å². The normalized spacial score (nSPS) is 11.8. The van der Waals surface area contributed by atoms with Crippen molar-refractivity contribution in [2.24, 2.45) is 0 Å². The predicted molar refractivity (Wildman–Crippen MR) is 125 cm³/mol. The van der Waals surface area contributed by atoms with Crippen molar-refractivity contribution in [3.05, 3.63) is 75.2 Å². The summed E-state index contributed by atoms with van der Waals surface area (Å²) in [5.74, 6) is 1.51. The molecule has 5 nitrogen and oxygen atoms in total. The van der Waals surface area contributed by atoms with Crippen LogP contribution in [-0.4, -0.2) is 28.9 Å². The van der Waals surface area contributed by atoms with Crippen molar-refractivity contribution < 1.29 is 14.3 Å². The van der Waals surface area contributed by atoms with E-state index in [4.69, 9.17) is 14.5 Å². The van der Waals surface area contributed by atoms with Gasteiger partial charge in [-0.3, -0.25) is 4.79 Å². The molecule has 0 aliphatic heterocycles. The van der Waals surface area contributed by atoms with Crippen LogP contribution in [0.1, 0.15) is 52.5 Å². The first-order valence-corrected chi connectivity index (χ1v) is 11.4. The quantitative estimate of drug-likeness (QED) is 0.424. The number of carbonyl (C=O) groups is 1. The number of hydrogen-bond donors (Lipinski definition) is 0. The number of nitrogens with zero attached hydrogens (tertiary/aromatic N) is 2. The second kappa shape index (κ2) is 10.4. The minimum atomic E-state index is -0.0192. The zero-order valence-corrected chi connectivity index (χ0v) is 19.7. The van der Waals surface area contributed by atoms with Crippen LogP contribution in [0.3, 0.4) is 0 Å². The predicted octanol–water partition coefficient (Wildman–Crippen LogP) is 5.79. The molecule has 1 heterocycles. The third-order valence-corrected chi connectivity index (χ3v) is 6.06. The fraction of sp³-hybridized carbons (Fsp3) is 0.360. The number of hydrogen-bond acceptors (Lipinski definition) is 5. The lowest BCUT2D eigenvalue weighted by molar-refractivity contribution is 0.0668. The van der Waals surface area contributed by atoms with E-state index in [0.717, 1.165) is 22.9 Å². The molecule has 1 atom stereocenters. The average molecular weight is 439 g/mol. The molecule has 0 aliphatic carbocycles. The fourth-order valence-corrected chi connectivity index (χ4v) is 4.09. The second-order valence-electron chi connectivity index (χ2n) is 7.77. The van der Waals surface area contributed by atoms with Gasteiger partial charge >= 0.3 is 0 Å². The third-order valence-electron chi connectivity index (χ3n) is 5.19. The summed E-state index contributed by atoms with van der Waals surface area (Å²) in [6, 6.07) is 13.6. The summed E-state index contributed by atoms with van der Waals surface area (Å²) >= 11 is 1.56. The van der Waals surface area contributed by atoms with Crippen molar-refractivity contribution in [2.45, 2.75) is 53.3 Å². The molecule has 3 aromatic rings. The SMILES string of the molecule is CC[C@@H](C)N(Cc1csc(COc2cc(C)cc(C)c2)n1)C(=O)c1cccc(OC)c1. The summed E-state index contributed by atoms with van der Waals surface area (Å²) in [6.45, 7) is 9.15. The monoisotopic (exact) mass is 438 g/mol. The molecule has 1 amide bonds. The topological polar surface area (TPSA) is 51.7 Å². The standard InChI is InChI=1S/C25H30N2O3S/c1-6-19(4)27(25(28)20-8-7-9-22(13-20)29-5)14-21-16-31-24(26-21)15-30-23-11-17(2)10-18(3)12-23/h7-13,16,19H,6,14-15H2,1-5H3/t19-/m1/s1. The molecule has 0 radical (unpaired) electrons. The number of amides is 1. The van der Waals surface area contributed by atoms with Crippen molar-refractivity contribution in [3.63, 3.8) is 0 Å². The summed E-state index contributed by atoms with van der Waals surface area (Å²) in [6.07, 6.45) is 0.864. The smallest absolute Gasteiger partial charge is 0.254 e. The molecule has 0 saturated carbocycles. The molecule has 2 aromatic carbocycles. The number of thiazole rings is 1. The van der Waals surface area contributed by atoms with Gasteiger partial charge in [0.1, 0.15) is 23.1 Å². The molecule has 0 saturated heterocycles. The Morgan fingerprint density at radius 1 is 1.13 bits per heavy atom. The lowest BCUT2D eigenvalue weighted by Crippen LogP contribution is -2.37. The second-order valence-corrected chi connectivity index (χ2v) is 8.71. The van der Waals surface area contributed by atoms with Gasteiger partial charge in [0.05, 0.1) is 19.3 Å². The Balaban J connectivity index is 1.70. The van der Waals surface area contributed by atoms with E-state index in [1.165, 1.54) is 11.1 Å². The number of carbonyl (C=O) groups excluding carboxylic acids is 1. The molecule has 0 aliphatic rings. The Bertz CT molecular complexity index is 1010. The van der Waals surface area contributed by atoms with Gasteiger partial charge in [0.2, 0.25) is 0 Å². The van der Waals surface area contributed by atoms with Gasteiger partial charge in [0.15, 0.2) is 0 Å². The van der Waals surface area contributed by atoms with E-state index in [1.54, 1.807) is 24.5 Å². The number of rotatable bonds is 9. The van der Waals surface area contributed by atoms with Gasteiger partial charge in [0.25, 0.3) is 5.91 Å². The van der Waals surface area contributed by atoms with Crippen LogP contribution in [0.2, 0.25) is 0 Å². The molecule has 6 heteroatoms. The van der Waals surface area contributed by atoms with Gasteiger partial charge < -0.3 is 14.4 Å². The Labute approximate surface area is 188 Å². The zero-order valence-electron chi connectivity index (χ0n) is 18.8. The van der Waals surface area contributed by atoms with Crippen LogP contribution in [-0.2, 0) is 13.2 Å². The minimum absolute atomic E-state index is 0.0192. The Kier molecular flexibility index (Phi) is 7.69.